The van der Waals surface area contributed by atoms with Gasteiger partial charge >= 0.3 is 0 Å². The van der Waals surface area contributed by atoms with Crippen LogP contribution in [0.2, 0.25) is 5.02 Å². The SMILES string of the molecule is CCOC1(OCC)NC(=N)c2c(Cl)cccc21. The summed E-state index contributed by atoms with van der Waals surface area (Å²) in [6.45, 7) is 4.72. The number of rotatable bonds is 4. The van der Waals surface area contributed by atoms with Crippen LogP contribution in [0.15, 0.2) is 18.2 Å². The normalized spacial score (nSPS) is 16.8. The second-order valence-corrected chi connectivity index (χ2v) is 4.05. The summed E-state index contributed by atoms with van der Waals surface area (Å²) in [5.41, 5.74) is 1.41. The maximum Gasteiger partial charge on any atom is 0.279 e. The van der Waals surface area contributed by atoms with Gasteiger partial charge in [-0.15, -0.1) is 0 Å². The lowest BCUT2D eigenvalue weighted by atomic mass is 10.1. The average molecular weight is 255 g/mol. The van der Waals surface area contributed by atoms with Gasteiger partial charge in [0.25, 0.3) is 5.91 Å². The summed E-state index contributed by atoms with van der Waals surface area (Å²) < 4.78 is 11.3. The van der Waals surface area contributed by atoms with Crippen LogP contribution in [0.25, 0.3) is 0 Å². The molecule has 92 valence electrons. The number of halogens is 1. The molecule has 1 aromatic rings. The van der Waals surface area contributed by atoms with Crippen LogP contribution < -0.4 is 5.32 Å². The van der Waals surface area contributed by atoms with Crippen LogP contribution in [0.1, 0.15) is 25.0 Å². The van der Waals surface area contributed by atoms with E-state index >= 15 is 0 Å². The zero-order valence-electron chi connectivity index (χ0n) is 9.84. The standard InChI is InChI=1S/C12H15ClN2O2/c1-3-16-12(17-4-2)8-6-5-7-9(13)10(8)11(14)15-12/h5-7H,3-4H2,1-2H3,(H2,14,15). The predicted octanol–water partition coefficient (Wildman–Crippen LogP) is 2.45. The molecule has 0 aromatic heterocycles. The number of hydrogen-bond donors (Lipinski definition) is 2. The molecule has 1 aliphatic rings. The lowest BCUT2D eigenvalue weighted by Crippen LogP contribution is -2.44. The van der Waals surface area contributed by atoms with E-state index in [0.29, 0.717) is 23.8 Å². The van der Waals surface area contributed by atoms with Crippen molar-refractivity contribution in [3.05, 3.63) is 34.3 Å². The molecule has 0 aliphatic carbocycles. The smallest absolute Gasteiger partial charge is 0.279 e. The molecule has 2 N–H and O–H groups in total. The topological polar surface area (TPSA) is 54.3 Å². The summed E-state index contributed by atoms with van der Waals surface area (Å²) in [6, 6.07) is 5.44. The highest BCUT2D eigenvalue weighted by atomic mass is 35.5. The molecule has 1 heterocycles. The van der Waals surface area contributed by atoms with Crippen LogP contribution in [0.4, 0.5) is 0 Å². The Kier molecular flexibility index (Phi) is 3.38. The fourth-order valence-electron chi connectivity index (χ4n) is 2.02. The molecule has 0 unspecified atom stereocenters. The molecule has 0 atom stereocenters. The second-order valence-electron chi connectivity index (χ2n) is 3.65. The Hall–Kier alpha value is -1.10. The molecule has 4 nitrogen and oxygen atoms in total. The van der Waals surface area contributed by atoms with Gasteiger partial charge in [-0.2, -0.15) is 0 Å². The fraction of sp³-hybridized carbons (Fsp3) is 0.417. The van der Waals surface area contributed by atoms with Crippen LogP contribution in [0.3, 0.4) is 0 Å². The number of amidine groups is 1. The van der Waals surface area contributed by atoms with Gasteiger partial charge in [-0.1, -0.05) is 23.7 Å². The van der Waals surface area contributed by atoms with Gasteiger partial charge in [0, 0.05) is 24.3 Å². The minimum Gasteiger partial charge on any atom is -0.329 e. The second kappa shape index (κ2) is 4.64. The van der Waals surface area contributed by atoms with Crippen molar-refractivity contribution in [3.63, 3.8) is 0 Å². The summed E-state index contributed by atoms with van der Waals surface area (Å²) >= 11 is 6.10. The van der Waals surface area contributed by atoms with E-state index in [2.05, 4.69) is 5.32 Å². The van der Waals surface area contributed by atoms with Crippen LogP contribution >= 0.6 is 11.6 Å². The third-order valence-corrected chi connectivity index (χ3v) is 2.92. The van der Waals surface area contributed by atoms with Crippen molar-refractivity contribution in [3.8, 4) is 0 Å². The summed E-state index contributed by atoms with van der Waals surface area (Å²) in [7, 11) is 0. The molecule has 17 heavy (non-hydrogen) atoms. The van der Waals surface area contributed by atoms with E-state index in [-0.39, 0.29) is 5.84 Å². The van der Waals surface area contributed by atoms with Crippen molar-refractivity contribution >= 4 is 17.4 Å². The van der Waals surface area contributed by atoms with Gasteiger partial charge in [-0.25, -0.2) is 0 Å². The van der Waals surface area contributed by atoms with E-state index in [1.54, 1.807) is 6.07 Å². The van der Waals surface area contributed by atoms with Gasteiger partial charge in [-0.05, 0) is 19.9 Å². The maximum atomic E-state index is 7.93. The quantitative estimate of drug-likeness (QED) is 0.812. The molecule has 2 rings (SSSR count). The lowest BCUT2D eigenvalue weighted by Gasteiger charge is -2.29. The first-order valence-corrected chi connectivity index (χ1v) is 5.96. The highest BCUT2D eigenvalue weighted by molar-refractivity contribution is 6.34. The van der Waals surface area contributed by atoms with Crippen molar-refractivity contribution in [2.75, 3.05) is 13.2 Å². The Balaban J connectivity index is 2.53. The Morgan fingerprint density at radius 3 is 2.53 bits per heavy atom. The molecule has 0 saturated heterocycles. The molecular weight excluding hydrogens is 240 g/mol. The zero-order valence-corrected chi connectivity index (χ0v) is 10.6. The maximum absolute atomic E-state index is 7.93. The summed E-state index contributed by atoms with van der Waals surface area (Å²) in [5.74, 6) is -0.839. The Bertz CT molecular complexity index is 442. The van der Waals surface area contributed by atoms with Gasteiger partial charge < -0.3 is 14.8 Å². The summed E-state index contributed by atoms with van der Waals surface area (Å²) in [5, 5.41) is 11.4. The molecule has 0 bridgehead atoms. The number of nitrogens with one attached hydrogen (secondary N) is 2. The summed E-state index contributed by atoms with van der Waals surface area (Å²) in [6.07, 6.45) is 0. The first-order valence-electron chi connectivity index (χ1n) is 5.58. The minimum atomic E-state index is -1.07. The van der Waals surface area contributed by atoms with Crippen molar-refractivity contribution in [1.29, 1.82) is 5.41 Å². The van der Waals surface area contributed by atoms with Gasteiger partial charge in [0.1, 0.15) is 5.84 Å². The average Bonchev–Trinajstić information content (AvgIpc) is 2.55. The number of fused-ring (bicyclic) bond motifs is 1. The highest BCUT2D eigenvalue weighted by Crippen LogP contribution is 2.36. The largest absolute Gasteiger partial charge is 0.329 e. The lowest BCUT2D eigenvalue weighted by molar-refractivity contribution is -0.249. The van der Waals surface area contributed by atoms with E-state index in [4.69, 9.17) is 26.5 Å². The highest BCUT2D eigenvalue weighted by Gasteiger charge is 2.44. The van der Waals surface area contributed by atoms with Gasteiger partial charge in [0.05, 0.1) is 5.02 Å². The van der Waals surface area contributed by atoms with E-state index in [0.717, 1.165) is 5.56 Å². The van der Waals surface area contributed by atoms with Gasteiger partial charge in [-0.3, -0.25) is 5.41 Å². The van der Waals surface area contributed by atoms with Crippen molar-refractivity contribution in [2.45, 2.75) is 19.8 Å². The van der Waals surface area contributed by atoms with Crippen LogP contribution in [-0.4, -0.2) is 19.0 Å². The van der Waals surface area contributed by atoms with Gasteiger partial charge in [0.15, 0.2) is 0 Å². The molecule has 0 saturated carbocycles. The zero-order chi connectivity index (χ0) is 12.5. The van der Waals surface area contributed by atoms with E-state index < -0.39 is 5.91 Å². The molecule has 0 spiro atoms. The van der Waals surface area contributed by atoms with Crippen molar-refractivity contribution < 1.29 is 9.47 Å². The Morgan fingerprint density at radius 1 is 1.29 bits per heavy atom. The van der Waals surface area contributed by atoms with E-state index in [9.17, 15) is 0 Å². The monoisotopic (exact) mass is 254 g/mol. The van der Waals surface area contributed by atoms with Crippen LogP contribution in [0, 0.1) is 5.41 Å². The first-order chi connectivity index (χ1) is 8.14. The number of benzene rings is 1. The van der Waals surface area contributed by atoms with Crippen molar-refractivity contribution in [1.82, 2.24) is 5.32 Å². The van der Waals surface area contributed by atoms with E-state index in [1.165, 1.54) is 0 Å². The number of hydrogen-bond acceptors (Lipinski definition) is 3. The van der Waals surface area contributed by atoms with Crippen LogP contribution in [-0.2, 0) is 15.4 Å². The molecule has 0 amide bonds. The molecule has 5 heteroatoms. The minimum absolute atomic E-state index is 0.229. The third-order valence-electron chi connectivity index (χ3n) is 2.60. The van der Waals surface area contributed by atoms with Crippen molar-refractivity contribution in [2.24, 2.45) is 0 Å². The first kappa shape index (κ1) is 12.4. The molecule has 1 aliphatic heterocycles. The van der Waals surface area contributed by atoms with Crippen LogP contribution in [0.5, 0.6) is 0 Å². The number of ether oxygens (including phenoxy) is 2. The fourth-order valence-corrected chi connectivity index (χ4v) is 2.29. The van der Waals surface area contributed by atoms with Gasteiger partial charge in [0.2, 0.25) is 0 Å². The third kappa shape index (κ3) is 1.92. The molecule has 0 fully saturated rings. The van der Waals surface area contributed by atoms with E-state index in [1.807, 2.05) is 26.0 Å². The predicted molar refractivity (Wildman–Crippen MR) is 66.3 cm³/mol. The Morgan fingerprint density at radius 2 is 1.94 bits per heavy atom. The molecule has 0 radical (unpaired) electrons. The molecular formula is C12H15ClN2O2. The summed E-state index contributed by atoms with van der Waals surface area (Å²) in [4.78, 5) is 0. The molecule has 1 aromatic carbocycles. The Labute approximate surface area is 105 Å².